The van der Waals surface area contributed by atoms with Crippen molar-refractivity contribution in [1.82, 2.24) is 14.9 Å². The largest absolute Gasteiger partial charge is 0.454 e. The van der Waals surface area contributed by atoms with Gasteiger partial charge in [0.25, 0.3) is 10.1 Å². The Balaban J connectivity index is 0.000000182. The Kier molecular flexibility index (Phi) is 7.20. The van der Waals surface area contributed by atoms with E-state index in [9.17, 15) is 13.2 Å². The first-order valence-corrected chi connectivity index (χ1v) is 14.6. The van der Waals surface area contributed by atoms with Gasteiger partial charge in [-0.1, -0.05) is 36.4 Å². The molecule has 11 nitrogen and oxygen atoms in total. The summed E-state index contributed by atoms with van der Waals surface area (Å²) < 4.78 is 41.3. The van der Waals surface area contributed by atoms with Crippen LogP contribution in [0.1, 0.15) is 11.1 Å². The van der Waals surface area contributed by atoms with Crippen molar-refractivity contribution in [3.05, 3.63) is 78.0 Å². The molecule has 3 aromatic carbocycles. The fraction of sp³-hybridized carbons (Fsp3) is 0.276. The lowest BCUT2D eigenvalue weighted by Crippen LogP contribution is -2.46. The van der Waals surface area contributed by atoms with E-state index in [-0.39, 0.29) is 10.8 Å². The van der Waals surface area contributed by atoms with E-state index in [4.69, 9.17) is 14.0 Å². The summed E-state index contributed by atoms with van der Waals surface area (Å²) in [6.07, 6.45) is 2.19. The molecular formula is C29H29N5O6S. The highest BCUT2D eigenvalue weighted by Gasteiger charge is 2.28. The molecule has 0 radical (unpaired) electrons. The average Bonchev–Trinajstić information content (AvgIpc) is 3.56. The Hall–Kier alpha value is -4.26. The van der Waals surface area contributed by atoms with Crippen LogP contribution in [0.4, 0.5) is 11.8 Å². The van der Waals surface area contributed by atoms with Crippen LogP contribution in [-0.4, -0.2) is 73.8 Å². The summed E-state index contributed by atoms with van der Waals surface area (Å²) in [5, 5.41) is 1.74. The number of rotatable bonds is 4. The number of anilines is 2. The van der Waals surface area contributed by atoms with Crippen molar-refractivity contribution in [2.45, 2.75) is 17.9 Å². The maximum atomic E-state index is 11.8. The van der Waals surface area contributed by atoms with Crippen molar-refractivity contribution >= 4 is 38.6 Å². The van der Waals surface area contributed by atoms with Crippen molar-refractivity contribution in [3.63, 3.8) is 0 Å². The number of likely N-dealkylation sites (N-methyl/N-ethyl adjacent to an activating group) is 1. The number of piperazine rings is 1. The summed E-state index contributed by atoms with van der Waals surface area (Å²) in [5.74, 6) is 3.17. The van der Waals surface area contributed by atoms with Gasteiger partial charge in [-0.15, -0.1) is 0 Å². The number of ether oxygens (including phenoxy) is 2. The van der Waals surface area contributed by atoms with Gasteiger partial charge in [-0.3, -0.25) is 19.1 Å². The molecule has 4 aromatic rings. The number of fused-ring (bicyclic) bond motifs is 3. The van der Waals surface area contributed by atoms with Gasteiger partial charge in [0.1, 0.15) is 5.82 Å². The summed E-state index contributed by atoms with van der Waals surface area (Å²) in [7, 11) is -2.32. The Bertz CT molecular complexity index is 1720. The number of carbonyl (C=O) groups excluding carboxylic acids is 1. The minimum Gasteiger partial charge on any atom is -0.454 e. The molecule has 0 unspecified atom stereocenters. The van der Waals surface area contributed by atoms with Gasteiger partial charge in [-0.25, -0.2) is 4.98 Å². The van der Waals surface area contributed by atoms with E-state index < -0.39 is 10.1 Å². The molecule has 0 saturated carbocycles. The van der Waals surface area contributed by atoms with Gasteiger partial charge in [0.05, 0.1) is 11.3 Å². The van der Waals surface area contributed by atoms with Gasteiger partial charge in [-0.2, -0.15) is 13.4 Å². The third kappa shape index (κ3) is 5.80. The van der Waals surface area contributed by atoms with Crippen molar-refractivity contribution in [3.8, 4) is 11.5 Å². The molecule has 41 heavy (non-hydrogen) atoms. The topological polar surface area (TPSA) is 125 Å². The van der Waals surface area contributed by atoms with Gasteiger partial charge in [0, 0.05) is 51.5 Å². The Morgan fingerprint density at radius 2 is 1.68 bits per heavy atom. The van der Waals surface area contributed by atoms with Crippen molar-refractivity contribution in [2.75, 3.05) is 49.8 Å². The lowest BCUT2D eigenvalue weighted by atomic mass is 10.1. The molecular weight excluding hydrogens is 546 g/mol. The minimum atomic E-state index is -4.09. The Morgan fingerprint density at radius 1 is 0.927 bits per heavy atom. The van der Waals surface area contributed by atoms with Crippen LogP contribution in [0.2, 0.25) is 0 Å². The zero-order valence-corrected chi connectivity index (χ0v) is 23.2. The fourth-order valence-electron chi connectivity index (χ4n) is 5.09. The normalized spacial score (nSPS) is 16.5. The molecule has 0 atom stereocenters. The van der Waals surface area contributed by atoms with Gasteiger partial charge in [0.15, 0.2) is 11.5 Å². The highest BCUT2D eigenvalue weighted by Crippen LogP contribution is 2.33. The van der Waals surface area contributed by atoms with Crippen molar-refractivity contribution in [2.24, 2.45) is 0 Å². The number of hydrogen-bond acceptors (Lipinski definition) is 9. The molecule has 0 bridgehead atoms. The highest BCUT2D eigenvalue weighted by molar-refractivity contribution is 7.85. The van der Waals surface area contributed by atoms with Gasteiger partial charge in [-0.05, 0) is 40.6 Å². The molecule has 4 heterocycles. The zero-order valence-electron chi connectivity index (χ0n) is 22.4. The molecule has 1 saturated heterocycles. The minimum absolute atomic E-state index is 0.0730. The lowest BCUT2D eigenvalue weighted by molar-refractivity contribution is -0.117. The van der Waals surface area contributed by atoms with Gasteiger partial charge < -0.3 is 14.4 Å². The highest BCUT2D eigenvalue weighted by atomic mass is 32.2. The summed E-state index contributed by atoms with van der Waals surface area (Å²) in [5.41, 5.74) is 2.13. The second-order valence-corrected chi connectivity index (χ2v) is 11.5. The number of aromatic nitrogens is 2. The molecule has 12 heteroatoms. The predicted molar refractivity (Wildman–Crippen MR) is 153 cm³/mol. The van der Waals surface area contributed by atoms with E-state index in [0.717, 1.165) is 66.4 Å². The fourth-order valence-corrected chi connectivity index (χ4v) is 5.60. The van der Waals surface area contributed by atoms with Gasteiger partial charge >= 0.3 is 0 Å². The van der Waals surface area contributed by atoms with Crippen LogP contribution >= 0.6 is 0 Å². The molecule has 1 fully saturated rings. The van der Waals surface area contributed by atoms with E-state index in [2.05, 4.69) is 31.9 Å². The molecule has 1 amide bonds. The van der Waals surface area contributed by atoms with E-state index in [1.165, 1.54) is 17.7 Å². The summed E-state index contributed by atoms with van der Waals surface area (Å²) in [4.78, 5) is 27.1. The van der Waals surface area contributed by atoms with Crippen LogP contribution in [0.25, 0.3) is 10.8 Å². The second kappa shape index (κ2) is 11.0. The zero-order chi connectivity index (χ0) is 28.6. The maximum absolute atomic E-state index is 11.8. The van der Waals surface area contributed by atoms with E-state index in [0.29, 0.717) is 19.2 Å². The quantitative estimate of drug-likeness (QED) is 0.363. The van der Waals surface area contributed by atoms with Crippen LogP contribution in [0.15, 0.2) is 71.8 Å². The van der Waals surface area contributed by atoms with E-state index >= 15 is 0 Å². The first-order chi connectivity index (χ1) is 19.7. The number of hydrogen-bond donors (Lipinski definition) is 1. The summed E-state index contributed by atoms with van der Waals surface area (Å²) >= 11 is 0. The predicted octanol–water partition coefficient (Wildman–Crippen LogP) is 3.13. The molecule has 212 valence electrons. The molecule has 0 spiro atoms. The summed E-state index contributed by atoms with van der Waals surface area (Å²) in [6, 6.07) is 18.0. The SMILES string of the molecule is CN1C(=O)Cc2cnc(N3CCN(Cc4ccc5c(c4)OCO5)CC3)nc21.O=S(=O)(O)c1ccc2ccccc2c1. The van der Waals surface area contributed by atoms with Crippen LogP contribution in [0.5, 0.6) is 11.5 Å². The van der Waals surface area contributed by atoms with Crippen LogP contribution < -0.4 is 19.3 Å². The third-order valence-corrected chi connectivity index (χ3v) is 8.23. The smallest absolute Gasteiger partial charge is 0.294 e. The molecule has 3 aliphatic rings. The standard InChI is InChI=1S/C19H21N5O3.C10H8O3S/c1-22-17(25)9-14-10-20-19(21-18(14)22)24-6-4-23(5-7-24)11-13-2-3-15-16(8-13)27-12-26-15;11-14(12,13)10-6-5-8-3-1-2-4-9(8)7-10/h2-3,8,10H,4-7,9,11-12H2,1H3;1-7H,(H,11,12,13). The van der Waals surface area contributed by atoms with Crippen molar-refractivity contribution < 1.29 is 27.2 Å². The van der Waals surface area contributed by atoms with Crippen LogP contribution in [-0.2, 0) is 27.9 Å². The first-order valence-electron chi connectivity index (χ1n) is 13.2. The molecule has 3 aliphatic heterocycles. The summed E-state index contributed by atoms with van der Waals surface area (Å²) in [6.45, 7) is 4.78. The number of amides is 1. The molecule has 1 N–H and O–H groups in total. The number of benzene rings is 3. The lowest BCUT2D eigenvalue weighted by Gasteiger charge is -2.34. The van der Waals surface area contributed by atoms with Crippen LogP contribution in [0.3, 0.4) is 0 Å². The monoisotopic (exact) mass is 575 g/mol. The maximum Gasteiger partial charge on any atom is 0.294 e. The Morgan fingerprint density at radius 3 is 2.46 bits per heavy atom. The average molecular weight is 576 g/mol. The molecule has 1 aromatic heterocycles. The van der Waals surface area contributed by atoms with Crippen LogP contribution in [0, 0.1) is 0 Å². The van der Waals surface area contributed by atoms with Gasteiger partial charge in [0.2, 0.25) is 18.6 Å². The van der Waals surface area contributed by atoms with E-state index in [1.54, 1.807) is 30.3 Å². The van der Waals surface area contributed by atoms with Crippen molar-refractivity contribution in [1.29, 1.82) is 0 Å². The molecule has 0 aliphatic carbocycles. The number of nitrogens with zero attached hydrogens (tertiary/aromatic N) is 5. The second-order valence-electron chi connectivity index (χ2n) is 10.1. The number of carbonyl (C=O) groups is 1. The van der Waals surface area contributed by atoms with E-state index in [1.807, 2.05) is 24.3 Å². The third-order valence-electron chi connectivity index (χ3n) is 7.38. The Labute approximate surface area is 237 Å². The molecule has 7 rings (SSSR count). The first kappa shape index (κ1) is 26.9.